The molecule has 0 atom stereocenters. The second kappa shape index (κ2) is 6.56. The van der Waals surface area contributed by atoms with Crippen LogP contribution in [0.15, 0.2) is 23.0 Å². The number of piperazine rings is 1. The highest BCUT2D eigenvalue weighted by atomic mass is 16.3. The average molecular weight is 279 g/mol. The van der Waals surface area contributed by atoms with Crippen LogP contribution in [0.4, 0.5) is 0 Å². The topological polar surface area (TPSA) is 65.8 Å². The molecule has 1 aliphatic rings. The largest absolute Gasteiger partial charge is 0.472 e. The van der Waals surface area contributed by atoms with Gasteiger partial charge in [0.25, 0.3) is 5.91 Å². The van der Waals surface area contributed by atoms with Crippen molar-refractivity contribution in [2.24, 2.45) is 0 Å². The number of nitrogens with one attached hydrogen (secondary N) is 1. The highest BCUT2D eigenvalue weighted by Crippen LogP contribution is 2.09. The number of furan rings is 1. The third-order valence-electron chi connectivity index (χ3n) is 3.24. The van der Waals surface area contributed by atoms with Crippen molar-refractivity contribution < 1.29 is 14.0 Å². The maximum absolute atomic E-state index is 12.1. The van der Waals surface area contributed by atoms with Crippen LogP contribution in [0.2, 0.25) is 0 Å². The van der Waals surface area contributed by atoms with Gasteiger partial charge >= 0.3 is 0 Å². The van der Waals surface area contributed by atoms with Gasteiger partial charge in [-0.3, -0.25) is 14.5 Å². The van der Waals surface area contributed by atoms with Crippen molar-refractivity contribution in [2.45, 2.75) is 19.9 Å². The Balaban J connectivity index is 1.78. The Bertz CT molecular complexity index is 448. The number of nitrogens with zero attached hydrogens (tertiary/aromatic N) is 2. The van der Waals surface area contributed by atoms with Gasteiger partial charge in [0.15, 0.2) is 0 Å². The van der Waals surface area contributed by atoms with Crippen LogP contribution in [0.5, 0.6) is 0 Å². The van der Waals surface area contributed by atoms with Crippen molar-refractivity contribution in [1.29, 1.82) is 0 Å². The molecule has 2 heterocycles. The number of amides is 2. The van der Waals surface area contributed by atoms with Gasteiger partial charge in [-0.05, 0) is 19.9 Å². The van der Waals surface area contributed by atoms with Gasteiger partial charge in [-0.25, -0.2) is 0 Å². The van der Waals surface area contributed by atoms with Gasteiger partial charge in [0, 0.05) is 32.2 Å². The molecule has 110 valence electrons. The Morgan fingerprint density at radius 1 is 1.30 bits per heavy atom. The zero-order valence-corrected chi connectivity index (χ0v) is 12.0. The van der Waals surface area contributed by atoms with Crippen molar-refractivity contribution in [2.75, 3.05) is 32.7 Å². The molecule has 1 aromatic heterocycles. The molecular weight excluding hydrogens is 258 g/mol. The first-order chi connectivity index (χ1) is 9.56. The fraction of sp³-hybridized carbons (Fsp3) is 0.571. The molecule has 2 rings (SSSR count). The second-order valence-electron chi connectivity index (χ2n) is 5.30. The summed E-state index contributed by atoms with van der Waals surface area (Å²) in [7, 11) is 0. The smallest absolute Gasteiger partial charge is 0.257 e. The zero-order chi connectivity index (χ0) is 14.5. The average Bonchev–Trinajstić information content (AvgIpc) is 2.91. The van der Waals surface area contributed by atoms with Crippen LogP contribution < -0.4 is 5.32 Å². The SMILES string of the molecule is CC(C)NC(=O)CN1CCN(C(=O)c2ccoc2)CC1. The highest BCUT2D eigenvalue weighted by Gasteiger charge is 2.23. The molecule has 20 heavy (non-hydrogen) atoms. The lowest BCUT2D eigenvalue weighted by atomic mass is 10.2. The van der Waals surface area contributed by atoms with E-state index in [1.54, 1.807) is 11.0 Å². The van der Waals surface area contributed by atoms with Crippen LogP contribution >= 0.6 is 0 Å². The number of carbonyl (C=O) groups excluding carboxylic acids is 2. The van der Waals surface area contributed by atoms with Gasteiger partial charge in [0.2, 0.25) is 5.91 Å². The van der Waals surface area contributed by atoms with Crippen LogP contribution in [0.25, 0.3) is 0 Å². The zero-order valence-electron chi connectivity index (χ0n) is 12.0. The van der Waals surface area contributed by atoms with Crippen LogP contribution in [0, 0.1) is 0 Å². The van der Waals surface area contributed by atoms with Gasteiger partial charge in [-0.1, -0.05) is 0 Å². The van der Waals surface area contributed by atoms with E-state index in [-0.39, 0.29) is 17.9 Å². The second-order valence-corrected chi connectivity index (χ2v) is 5.30. The molecular formula is C14H21N3O3. The van der Waals surface area contributed by atoms with E-state index in [4.69, 9.17) is 4.42 Å². The molecule has 6 nitrogen and oxygen atoms in total. The predicted octanol–water partition coefficient (Wildman–Crippen LogP) is 0.562. The van der Waals surface area contributed by atoms with Crippen molar-refractivity contribution >= 4 is 11.8 Å². The Labute approximate surface area is 118 Å². The van der Waals surface area contributed by atoms with E-state index in [1.165, 1.54) is 12.5 Å². The molecule has 2 amide bonds. The van der Waals surface area contributed by atoms with E-state index in [2.05, 4.69) is 10.2 Å². The maximum Gasteiger partial charge on any atom is 0.257 e. The summed E-state index contributed by atoms with van der Waals surface area (Å²) in [4.78, 5) is 27.6. The fourth-order valence-corrected chi connectivity index (χ4v) is 2.25. The minimum Gasteiger partial charge on any atom is -0.472 e. The third-order valence-corrected chi connectivity index (χ3v) is 3.24. The molecule has 0 spiro atoms. The van der Waals surface area contributed by atoms with Crippen molar-refractivity contribution in [3.05, 3.63) is 24.2 Å². The van der Waals surface area contributed by atoms with Crippen molar-refractivity contribution in [3.63, 3.8) is 0 Å². The van der Waals surface area contributed by atoms with Crippen LogP contribution in [0.3, 0.4) is 0 Å². The number of hydrogen-bond acceptors (Lipinski definition) is 4. The molecule has 0 radical (unpaired) electrons. The molecule has 6 heteroatoms. The lowest BCUT2D eigenvalue weighted by Crippen LogP contribution is -2.51. The summed E-state index contributed by atoms with van der Waals surface area (Å²) in [6.07, 6.45) is 2.96. The summed E-state index contributed by atoms with van der Waals surface area (Å²) in [6, 6.07) is 1.83. The Morgan fingerprint density at radius 3 is 2.55 bits per heavy atom. The quantitative estimate of drug-likeness (QED) is 0.874. The first kappa shape index (κ1) is 14.6. The molecule has 1 aliphatic heterocycles. The summed E-state index contributed by atoms with van der Waals surface area (Å²) in [6.45, 7) is 6.99. The summed E-state index contributed by atoms with van der Waals surface area (Å²) in [5, 5.41) is 2.87. The van der Waals surface area contributed by atoms with E-state index in [0.29, 0.717) is 25.2 Å². The molecule has 0 aliphatic carbocycles. The predicted molar refractivity (Wildman–Crippen MR) is 74.3 cm³/mol. The highest BCUT2D eigenvalue weighted by molar-refractivity contribution is 5.93. The van der Waals surface area contributed by atoms with Gasteiger partial charge in [0.1, 0.15) is 6.26 Å². The standard InChI is InChI=1S/C14H21N3O3/c1-11(2)15-13(18)9-16-4-6-17(7-5-16)14(19)12-3-8-20-10-12/h3,8,10-11H,4-7,9H2,1-2H3,(H,15,18). The minimum absolute atomic E-state index is 0.00923. The molecule has 0 saturated carbocycles. The van der Waals surface area contributed by atoms with Gasteiger partial charge < -0.3 is 14.6 Å². The number of carbonyl (C=O) groups is 2. The molecule has 0 unspecified atom stereocenters. The Kier molecular flexibility index (Phi) is 4.79. The molecule has 1 fully saturated rings. The van der Waals surface area contributed by atoms with Gasteiger partial charge in [0.05, 0.1) is 18.4 Å². The lowest BCUT2D eigenvalue weighted by Gasteiger charge is -2.34. The summed E-state index contributed by atoms with van der Waals surface area (Å²) in [5.41, 5.74) is 0.580. The van der Waals surface area contributed by atoms with Gasteiger partial charge in [-0.2, -0.15) is 0 Å². The Morgan fingerprint density at radius 2 is 2.00 bits per heavy atom. The van der Waals surface area contributed by atoms with E-state index >= 15 is 0 Å². The van der Waals surface area contributed by atoms with Crippen molar-refractivity contribution in [3.8, 4) is 0 Å². The summed E-state index contributed by atoms with van der Waals surface area (Å²) in [5.74, 6) is 0.0274. The normalized spacial score (nSPS) is 16.4. The third kappa shape index (κ3) is 3.84. The first-order valence-corrected chi connectivity index (χ1v) is 6.89. The molecule has 0 bridgehead atoms. The summed E-state index contributed by atoms with van der Waals surface area (Å²) < 4.78 is 4.93. The number of rotatable bonds is 4. The van der Waals surface area contributed by atoms with E-state index in [1.807, 2.05) is 13.8 Å². The lowest BCUT2D eigenvalue weighted by molar-refractivity contribution is -0.123. The fourth-order valence-electron chi connectivity index (χ4n) is 2.25. The van der Waals surface area contributed by atoms with Crippen LogP contribution in [-0.2, 0) is 4.79 Å². The van der Waals surface area contributed by atoms with E-state index < -0.39 is 0 Å². The molecule has 1 N–H and O–H groups in total. The summed E-state index contributed by atoms with van der Waals surface area (Å²) >= 11 is 0. The monoisotopic (exact) mass is 279 g/mol. The Hall–Kier alpha value is -1.82. The van der Waals surface area contributed by atoms with Crippen LogP contribution in [-0.4, -0.2) is 60.4 Å². The molecule has 1 saturated heterocycles. The van der Waals surface area contributed by atoms with Crippen LogP contribution in [0.1, 0.15) is 24.2 Å². The minimum atomic E-state index is -0.00923. The number of hydrogen-bond donors (Lipinski definition) is 1. The van der Waals surface area contributed by atoms with E-state index in [0.717, 1.165) is 13.1 Å². The van der Waals surface area contributed by atoms with Gasteiger partial charge in [-0.15, -0.1) is 0 Å². The molecule has 1 aromatic rings. The molecule has 0 aromatic carbocycles. The van der Waals surface area contributed by atoms with Crippen molar-refractivity contribution in [1.82, 2.24) is 15.1 Å². The maximum atomic E-state index is 12.1. The van der Waals surface area contributed by atoms with E-state index in [9.17, 15) is 9.59 Å². The first-order valence-electron chi connectivity index (χ1n) is 6.89.